The molecule has 3 aromatic rings. The predicted octanol–water partition coefficient (Wildman–Crippen LogP) is 1.28. The average molecular weight is 285 g/mol. The van der Waals surface area contributed by atoms with Crippen molar-refractivity contribution < 1.29 is 0 Å². The van der Waals surface area contributed by atoms with Crippen molar-refractivity contribution in [3.63, 3.8) is 0 Å². The maximum absolute atomic E-state index is 4.47. The molecule has 1 aromatic carbocycles. The summed E-state index contributed by atoms with van der Waals surface area (Å²) in [7, 11) is 0. The zero-order chi connectivity index (χ0) is 11.5. The van der Waals surface area contributed by atoms with Gasteiger partial charge in [0.25, 0.3) is 0 Å². The van der Waals surface area contributed by atoms with Crippen molar-refractivity contribution in [3.05, 3.63) is 61.1 Å². The summed E-state index contributed by atoms with van der Waals surface area (Å²) >= 11 is 0.283. The second-order valence-corrected chi connectivity index (χ2v) is 6.06. The summed E-state index contributed by atoms with van der Waals surface area (Å²) in [4.78, 5) is 8.61. The van der Waals surface area contributed by atoms with E-state index in [1.54, 1.807) is 6.20 Å². The van der Waals surface area contributed by atoms with Crippen LogP contribution >= 0.6 is 0 Å². The van der Waals surface area contributed by atoms with Crippen molar-refractivity contribution in [1.82, 2.24) is 9.97 Å². The monoisotopic (exact) mass is 286 g/mol. The molecular formula is C14H10N2Se. The number of aromatic nitrogens is 2. The van der Waals surface area contributed by atoms with E-state index < -0.39 is 0 Å². The Bertz CT molecular complexity index is 638. The Morgan fingerprint density at radius 3 is 2.71 bits per heavy atom. The number of hydrogen-bond acceptors (Lipinski definition) is 2. The van der Waals surface area contributed by atoms with Gasteiger partial charge in [0, 0.05) is 0 Å². The first-order chi connectivity index (χ1) is 8.42. The van der Waals surface area contributed by atoms with Crippen LogP contribution in [0.1, 0.15) is 0 Å². The molecule has 0 spiro atoms. The molecule has 0 saturated carbocycles. The van der Waals surface area contributed by atoms with E-state index >= 15 is 0 Å². The molecule has 3 heteroatoms. The van der Waals surface area contributed by atoms with Crippen molar-refractivity contribution in [2.24, 2.45) is 0 Å². The minimum absolute atomic E-state index is 0.283. The Morgan fingerprint density at radius 2 is 1.82 bits per heavy atom. The first-order valence-corrected chi connectivity index (χ1v) is 7.06. The van der Waals surface area contributed by atoms with Gasteiger partial charge >= 0.3 is 106 Å². The van der Waals surface area contributed by atoms with Crippen LogP contribution in [0, 0.1) is 0 Å². The van der Waals surface area contributed by atoms with E-state index in [9.17, 15) is 0 Å². The summed E-state index contributed by atoms with van der Waals surface area (Å²) in [5, 5.41) is 1.20. The molecule has 0 saturated heterocycles. The number of fused-ring (bicyclic) bond motifs is 1. The molecule has 0 amide bonds. The fourth-order valence-electron chi connectivity index (χ4n) is 1.65. The third-order valence-electron chi connectivity index (χ3n) is 2.44. The van der Waals surface area contributed by atoms with Gasteiger partial charge in [0.05, 0.1) is 0 Å². The van der Waals surface area contributed by atoms with Crippen molar-refractivity contribution in [2.45, 2.75) is 0 Å². The van der Waals surface area contributed by atoms with E-state index in [-0.39, 0.29) is 15.0 Å². The van der Waals surface area contributed by atoms with E-state index in [4.69, 9.17) is 0 Å². The Balaban J connectivity index is 1.96. The number of para-hydroxylation sites is 1. The Hall–Kier alpha value is -1.70. The first kappa shape index (κ1) is 10.5. The standard InChI is InChI=1S/C14H10N2Se/c1-2-6-14-11(4-1)8-13(10-16-14)17-12-5-3-7-15-9-12/h1-10H. The second kappa shape index (κ2) is 4.66. The molecular weight excluding hydrogens is 275 g/mol. The molecule has 0 bridgehead atoms. The van der Waals surface area contributed by atoms with Gasteiger partial charge in [-0.2, -0.15) is 0 Å². The molecule has 0 radical (unpaired) electrons. The third-order valence-corrected chi connectivity index (χ3v) is 4.40. The van der Waals surface area contributed by atoms with Crippen LogP contribution in [0.25, 0.3) is 10.9 Å². The number of hydrogen-bond donors (Lipinski definition) is 0. The van der Waals surface area contributed by atoms with E-state index in [1.165, 1.54) is 14.3 Å². The molecule has 82 valence electrons. The zero-order valence-corrected chi connectivity index (χ0v) is 10.8. The van der Waals surface area contributed by atoms with Gasteiger partial charge in [-0.1, -0.05) is 0 Å². The molecule has 0 aliphatic rings. The van der Waals surface area contributed by atoms with Gasteiger partial charge in [0.2, 0.25) is 0 Å². The Kier molecular flexibility index (Phi) is 2.86. The molecule has 0 unspecified atom stereocenters. The van der Waals surface area contributed by atoms with Gasteiger partial charge in [-0.25, -0.2) is 0 Å². The van der Waals surface area contributed by atoms with Gasteiger partial charge in [0.1, 0.15) is 0 Å². The van der Waals surface area contributed by atoms with Crippen molar-refractivity contribution >= 4 is 34.8 Å². The van der Waals surface area contributed by atoms with Crippen LogP contribution in [0.4, 0.5) is 0 Å². The van der Waals surface area contributed by atoms with Gasteiger partial charge in [-0.05, 0) is 0 Å². The van der Waals surface area contributed by atoms with E-state index in [0.717, 1.165) is 5.52 Å². The van der Waals surface area contributed by atoms with E-state index in [1.807, 2.05) is 36.7 Å². The second-order valence-electron chi connectivity index (χ2n) is 3.65. The van der Waals surface area contributed by atoms with Crippen molar-refractivity contribution in [3.8, 4) is 0 Å². The van der Waals surface area contributed by atoms with Crippen LogP contribution in [0.5, 0.6) is 0 Å². The summed E-state index contributed by atoms with van der Waals surface area (Å²) in [6.07, 6.45) is 5.70. The predicted molar refractivity (Wildman–Crippen MR) is 71.0 cm³/mol. The Morgan fingerprint density at radius 1 is 0.882 bits per heavy atom. The molecule has 2 aromatic heterocycles. The molecule has 0 aliphatic carbocycles. The van der Waals surface area contributed by atoms with Crippen molar-refractivity contribution in [2.75, 3.05) is 0 Å². The summed E-state index contributed by atoms with van der Waals surface area (Å²) in [6, 6.07) is 14.5. The summed E-state index contributed by atoms with van der Waals surface area (Å²) in [5.41, 5.74) is 1.05. The third kappa shape index (κ3) is 2.36. The van der Waals surface area contributed by atoms with Crippen LogP contribution in [-0.2, 0) is 0 Å². The van der Waals surface area contributed by atoms with Crippen LogP contribution in [0.3, 0.4) is 0 Å². The quantitative estimate of drug-likeness (QED) is 0.663. The fourth-order valence-corrected chi connectivity index (χ4v) is 3.38. The van der Waals surface area contributed by atoms with Gasteiger partial charge < -0.3 is 0 Å². The molecule has 2 nitrogen and oxygen atoms in total. The van der Waals surface area contributed by atoms with Crippen LogP contribution in [0.2, 0.25) is 0 Å². The van der Waals surface area contributed by atoms with Crippen molar-refractivity contribution in [1.29, 1.82) is 0 Å². The number of rotatable bonds is 2. The van der Waals surface area contributed by atoms with Gasteiger partial charge in [-0.3, -0.25) is 0 Å². The molecule has 2 heterocycles. The number of nitrogens with zero attached hydrogens (tertiary/aromatic N) is 2. The summed E-state index contributed by atoms with van der Waals surface area (Å²) < 4.78 is 2.56. The fraction of sp³-hybridized carbons (Fsp3) is 0. The maximum atomic E-state index is 4.47. The molecule has 0 aliphatic heterocycles. The number of benzene rings is 1. The number of pyridine rings is 2. The zero-order valence-electron chi connectivity index (χ0n) is 9.08. The molecule has 0 atom stereocenters. The van der Waals surface area contributed by atoms with Crippen LogP contribution in [-0.4, -0.2) is 24.9 Å². The molecule has 0 N–H and O–H groups in total. The van der Waals surface area contributed by atoms with Gasteiger partial charge in [-0.15, -0.1) is 0 Å². The van der Waals surface area contributed by atoms with Crippen LogP contribution < -0.4 is 8.92 Å². The average Bonchev–Trinajstić information content (AvgIpc) is 2.40. The SMILES string of the molecule is c1cncc([Se]c2cnc3ccccc3c2)c1. The summed E-state index contributed by atoms with van der Waals surface area (Å²) in [5.74, 6) is 0. The van der Waals surface area contributed by atoms with Gasteiger partial charge in [0.15, 0.2) is 0 Å². The summed E-state index contributed by atoms with van der Waals surface area (Å²) in [6.45, 7) is 0. The molecule has 17 heavy (non-hydrogen) atoms. The van der Waals surface area contributed by atoms with E-state index in [2.05, 4.69) is 28.2 Å². The minimum atomic E-state index is 0.283. The Labute approximate surface area is 106 Å². The normalized spacial score (nSPS) is 10.6. The molecule has 3 rings (SSSR count). The van der Waals surface area contributed by atoms with E-state index in [0.29, 0.717) is 0 Å². The topological polar surface area (TPSA) is 25.8 Å². The first-order valence-electron chi connectivity index (χ1n) is 5.34. The molecule has 0 fully saturated rings. The van der Waals surface area contributed by atoms with Crippen LogP contribution in [0.15, 0.2) is 61.1 Å².